The molecule has 3 amide bonds. The number of methoxy groups -OCH3 is 1. The molecule has 0 saturated heterocycles. The second kappa shape index (κ2) is 7.74. The number of imide groups is 1. The molecule has 0 spiro atoms. The van der Waals surface area contributed by atoms with Crippen LogP contribution in [0.3, 0.4) is 0 Å². The van der Waals surface area contributed by atoms with E-state index >= 15 is 0 Å². The van der Waals surface area contributed by atoms with Crippen LogP contribution in [0.4, 0.5) is 9.18 Å². The van der Waals surface area contributed by atoms with Crippen molar-refractivity contribution < 1.29 is 18.7 Å². The van der Waals surface area contributed by atoms with Gasteiger partial charge in [0.1, 0.15) is 11.6 Å². The Morgan fingerprint density at radius 3 is 2.75 bits per heavy atom. The summed E-state index contributed by atoms with van der Waals surface area (Å²) in [6.45, 7) is 1.68. The molecule has 1 atom stereocenters. The molecule has 1 aromatic carbocycles. The SMILES string of the molecule is CNC(=O)NC(=O)[C@H](C)SCc1cc(F)ccc1OC. The highest BCUT2D eigenvalue weighted by molar-refractivity contribution is 7.99. The van der Waals surface area contributed by atoms with Crippen LogP contribution in [-0.2, 0) is 10.5 Å². The van der Waals surface area contributed by atoms with Crippen LogP contribution < -0.4 is 15.4 Å². The number of hydrogen-bond donors (Lipinski definition) is 2. The average Bonchev–Trinajstić information content (AvgIpc) is 2.44. The van der Waals surface area contributed by atoms with E-state index in [4.69, 9.17) is 4.74 Å². The summed E-state index contributed by atoms with van der Waals surface area (Å²) < 4.78 is 18.3. The van der Waals surface area contributed by atoms with Gasteiger partial charge in [-0.2, -0.15) is 0 Å². The zero-order valence-corrected chi connectivity index (χ0v) is 12.3. The Morgan fingerprint density at radius 2 is 2.15 bits per heavy atom. The van der Waals surface area contributed by atoms with E-state index in [2.05, 4.69) is 10.6 Å². The zero-order chi connectivity index (χ0) is 15.1. The summed E-state index contributed by atoms with van der Waals surface area (Å²) in [6, 6.07) is 3.68. The minimum Gasteiger partial charge on any atom is -0.496 e. The highest BCUT2D eigenvalue weighted by atomic mass is 32.2. The maximum Gasteiger partial charge on any atom is 0.321 e. The van der Waals surface area contributed by atoms with Gasteiger partial charge in [-0.25, -0.2) is 9.18 Å². The van der Waals surface area contributed by atoms with E-state index in [1.54, 1.807) is 13.0 Å². The number of thioether (sulfide) groups is 1. The smallest absolute Gasteiger partial charge is 0.321 e. The van der Waals surface area contributed by atoms with Gasteiger partial charge in [-0.05, 0) is 25.1 Å². The Morgan fingerprint density at radius 1 is 1.45 bits per heavy atom. The number of hydrogen-bond acceptors (Lipinski definition) is 4. The molecule has 0 bridgehead atoms. The highest BCUT2D eigenvalue weighted by Gasteiger charge is 2.16. The molecule has 0 heterocycles. The van der Waals surface area contributed by atoms with Gasteiger partial charge in [-0.15, -0.1) is 11.8 Å². The molecule has 1 rings (SSSR count). The van der Waals surface area contributed by atoms with Crippen molar-refractivity contribution in [1.82, 2.24) is 10.6 Å². The van der Waals surface area contributed by atoms with Crippen molar-refractivity contribution >= 4 is 23.7 Å². The minimum absolute atomic E-state index is 0.358. The number of carbonyl (C=O) groups is 2. The lowest BCUT2D eigenvalue weighted by Gasteiger charge is -2.12. The first kappa shape index (κ1) is 16.3. The molecular weight excluding hydrogens is 283 g/mol. The second-order valence-electron chi connectivity index (χ2n) is 3.98. The lowest BCUT2D eigenvalue weighted by Crippen LogP contribution is -2.41. The molecule has 0 saturated carbocycles. The Bertz CT molecular complexity index is 497. The molecule has 1 aromatic rings. The third kappa shape index (κ3) is 4.73. The van der Waals surface area contributed by atoms with Crippen LogP contribution in [0.2, 0.25) is 0 Å². The number of urea groups is 1. The van der Waals surface area contributed by atoms with Crippen molar-refractivity contribution in [2.24, 2.45) is 0 Å². The number of benzene rings is 1. The third-order valence-corrected chi connectivity index (χ3v) is 3.76. The predicted molar refractivity (Wildman–Crippen MR) is 76.3 cm³/mol. The summed E-state index contributed by atoms with van der Waals surface area (Å²) in [7, 11) is 2.93. The molecule has 0 aliphatic carbocycles. The second-order valence-corrected chi connectivity index (χ2v) is 5.31. The first-order valence-electron chi connectivity index (χ1n) is 5.94. The molecular formula is C13H17FN2O3S. The molecule has 110 valence electrons. The largest absolute Gasteiger partial charge is 0.496 e. The molecule has 0 fully saturated rings. The number of rotatable bonds is 5. The fourth-order valence-electron chi connectivity index (χ4n) is 1.43. The van der Waals surface area contributed by atoms with Crippen LogP contribution in [0.25, 0.3) is 0 Å². The van der Waals surface area contributed by atoms with Gasteiger partial charge in [-0.3, -0.25) is 10.1 Å². The van der Waals surface area contributed by atoms with E-state index in [0.717, 1.165) is 0 Å². The number of nitrogens with one attached hydrogen (secondary N) is 2. The summed E-state index contributed by atoms with van der Waals surface area (Å²) in [5.41, 5.74) is 0.664. The summed E-state index contributed by atoms with van der Waals surface area (Å²) >= 11 is 1.29. The van der Waals surface area contributed by atoms with E-state index in [1.165, 1.54) is 38.1 Å². The van der Waals surface area contributed by atoms with Crippen molar-refractivity contribution in [3.63, 3.8) is 0 Å². The first-order valence-corrected chi connectivity index (χ1v) is 6.99. The molecule has 20 heavy (non-hydrogen) atoms. The summed E-state index contributed by atoms with van der Waals surface area (Å²) in [6.07, 6.45) is 0. The monoisotopic (exact) mass is 300 g/mol. The van der Waals surface area contributed by atoms with Crippen LogP contribution >= 0.6 is 11.8 Å². The Kier molecular flexibility index (Phi) is 6.30. The van der Waals surface area contributed by atoms with Gasteiger partial charge < -0.3 is 10.1 Å². The van der Waals surface area contributed by atoms with Gasteiger partial charge in [-0.1, -0.05) is 0 Å². The van der Waals surface area contributed by atoms with E-state index in [-0.39, 0.29) is 5.82 Å². The molecule has 0 aliphatic heterocycles. The number of amides is 3. The van der Waals surface area contributed by atoms with E-state index in [1.807, 2.05) is 0 Å². The Balaban J connectivity index is 2.60. The molecule has 0 aliphatic rings. The lowest BCUT2D eigenvalue weighted by molar-refractivity contribution is -0.119. The Hall–Kier alpha value is -1.76. The van der Waals surface area contributed by atoms with Crippen molar-refractivity contribution in [2.75, 3.05) is 14.2 Å². The van der Waals surface area contributed by atoms with Crippen LogP contribution in [0.1, 0.15) is 12.5 Å². The topological polar surface area (TPSA) is 67.4 Å². The number of carbonyl (C=O) groups excluding carboxylic acids is 2. The average molecular weight is 300 g/mol. The molecule has 5 nitrogen and oxygen atoms in total. The van der Waals surface area contributed by atoms with Gasteiger partial charge in [0, 0.05) is 18.4 Å². The van der Waals surface area contributed by atoms with Crippen LogP contribution in [0.15, 0.2) is 18.2 Å². The Labute approximate surface area is 121 Å². The van der Waals surface area contributed by atoms with Gasteiger partial charge in [0.2, 0.25) is 5.91 Å². The first-order chi connectivity index (χ1) is 9.47. The number of ether oxygens (including phenoxy) is 1. The predicted octanol–water partition coefficient (Wildman–Crippen LogP) is 1.91. The summed E-state index contributed by atoms with van der Waals surface area (Å²) in [5.74, 6) is 0.217. The van der Waals surface area contributed by atoms with Crippen LogP contribution in [-0.4, -0.2) is 31.3 Å². The quantitative estimate of drug-likeness (QED) is 0.871. The molecule has 7 heteroatoms. The fourth-order valence-corrected chi connectivity index (χ4v) is 2.29. The van der Waals surface area contributed by atoms with Crippen LogP contribution in [0, 0.1) is 5.82 Å². The van der Waals surface area contributed by atoms with E-state index in [9.17, 15) is 14.0 Å². The van der Waals surface area contributed by atoms with Crippen molar-refractivity contribution in [1.29, 1.82) is 0 Å². The van der Waals surface area contributed by atoms with Crippen molar-refractivity contribution in [3.05, 3.63) is 29.6 Å². The van der Waals surface area contributed by atoms with Crippen LogP contribution in [0.5, 0.6) is 5.75 Å². The molecule has 0 unspecified atom stereocenters. The van der Waals surface area contributed by atoms with Gasteiger partial charge in [0.15, 0.2) is 0 Å². The maximum atomic E-state index is 13.2. The minimum atomic E-state index is -0.550. The molecule has 0 radical (unpaired) electrons. The zero-order valence-electron chi connectivity index (χ0n) is 11.5. The van der Waals surface area contributed by atoms with Gasteiger partial charge in [0.25, 0.3) is 0 Å². The van der Waals surface area contributed by atoms with Crippen molar-refractivity contribution in [3.8, 4) is 5.75 Å². The standard InChI is InChI=1S/C13H17FN2O3S/c1-8(12(17)16-13(18)15-2)20-7-9-6-10(14)4-5-11(9)19-3/h4-6,8H,7H2,1-3H3,(H2,15,16,17,18)/t8-/m0/s1. The lowest BCUT2D eigenvalue weighted by atomic mass is 10.2. The molecule has 0 aromatic heterocycles. The van der Waals surface area contributed by atoms with E-state index < -0.39 is 17.2 Å². The highest BCUT2D eigenvalue weighted by Crippen LogP contribution is 2.26. The number of halogens is 1. The van der Waals surface area contributed by atoms with Gasteiger partial charge in [0.05, 0.1) is 12.4 Å². The normalized spacial score (nSPS) is 11.6. The van der Waals surface area contributed by atoms with Crippen molar-refractivity contribution in [2.45, 2.75) is 17.9 Å². The fraction of sp³-hybridized carbons (Fsp3) is 0.385. The van der Waals surface area contributed by atoms with Gasteiger partial charge >= 0.3 is 6.03 Å². The molecule has 2 N–H and O–H groups in total. The third-order valence-electron chi connectivity index (χ3n) is 2.56. The summed E-state index contributed by atoms with van der Waals surface area (Å²) in [4.78, 5) is 22.7. The van der Waals surface area contributed by atoms with E-state index in [0.29, 0.717) is 17.1 Å². The summed E-state index contributed by atoms with van der Waals surface area (Å²) in [5, 5.41) is 4.05. The maximum absolute atomic E-state index is 13.2.